The quantitative estimate of drug-likeness (QED) is 0.270. The van der Waals surface area contributed by atoms with Crippen LogP contribution in [0.4, 0.5) is 28.8 Å². The van der Waals surface area contributed by atoms with Crippen LogP contribution < -0.4 is 16.0 Å². The van der Waals surface area contributed by atoms with Gasteiger partial charge in [-0.1, -0.05) is 47.2 Å². The van der Waals surface area contributed by atoms with E-state index in [-0.39, 0.29) is 12.5 Å². The SMILES string of the molecule is Cc1cccc(Cl)c1NC(=O)c1ccc2nc(NC(=O)NCc3ccc(C(F)(F)F)cc3)sc2c1. The summed E-state index contributed by atoms with van der Waals surface area (Å²) in [6, 6.07) is 14.3. The van der Waals surface area contributed by atoms with Crippen LogP contribution in [-0.4, -0.2) is 16.9 Å². The lowest BCUT2D eigenvalue weighted by molar-refractivity contribution is -0.137. The van der Waals surface area contributed by atoms with Gasteiger partial charge in [0.25, 0.3) is 5.91 Å². The summed E-state index contributed by atoms with van der Waals surface area (Å²) in [5.74, 6) is -0.333. The fourth-order valence-corrected chi connectivity index (χ4v) is 4.40. The molecule has 0 aliphatic heterocycles. The maximum atomic E-state index is 12.7. The first-order chi connectivity index (χ1) is 16.6. The number of amides is 3. The zero-order valence-corrected chi connectivity index (χ0v) is 19.7. The Morgan fingerprint density at radius 3 is 2.46 bits per heavy atom. The van der Waals surface area contributed by atoms with Crippen LogP contribution in [0.15, 0.2) is 60.7 Å². The van der Waals surface area contributed by atoms with Gasteiger partial charge in [0.15, 0.2) is 5.13 Å². The number of benzene rings is 3. The topological polar surface area (TPSA) is 83.1 Å². The number of nitrogens with one attached hydrogen (secondary N) is 3. The molecule has 3 N–H and O–H groups in total. The Balaban J connectivity index is 1.39. The van der Waals surface area contributed by atoms with Crippen LogP contribution >= 0.6 is 22.9 Å². The van der Waals surface area contributed by atoms with Crippen molar-refractivity contribution in [2.45, 2.75) is 19.6 Å². The first kappa shape index (κ1) is 24.5. The smallest absolute Gasteiger partial charge is 0.334 e. The standard InChI is InChI=1S/C24H18ClF3N4O2S/c1-13-3-2-4-17(25)20(13)31-21(33)15-7-10-18-19(11-15)35-23(30-18)32-22(34)29-12-14-5-8-16(9-6-14)24(26,27)28/h2-11H,12H2,1H3,(H,31,33)(H2,29,30,32,34). The van der Waals surface area contributed by atoms with Crippen molar-refractivity contribution in [3.05, 3.63) is 87.9 Å². The molecule has 6 nitrogen and oxygen atoms in total. The van der Waals surface area contributed by atoms with E-state index in [2.05, 4.69) is 20.9 Å². The van der Waals surface area contributed by atoms with Gasteiger partial charge in [-0.05, 0) is 54.4 Å². The number of carbonyl (C=O) groups is 2. The molecule has 180 valence electrons. The van der Waals surface area contributed by atoms with Crippen LogP contribution in [0, 0.1) is 6.92 Å². The van der Waals surface area contributed by atoms with E-state index >= 15 is 0 Å². The lowest BCUT2D eigenvalue weighted by atomic mass is 10.1. The summed E-state index contributed by atoms with van der Waals surface area (Å²) in [4.78, 5) is 29.3. The molecule has 1 aromatic heterocycles. The number of anilines is 2. The Kier molecular flexibility index (Phi) is 6.95. The lowest BCUT2D eigenvalue weighted by Crippen LogP contribution is -2.28. The van der Waals surface area contributed by atoms with Crippen molar-refractivity contribution in [1.29, 1.82) is 0 Å². The van der Waals surface area contributed by atoms with E-state index in [9.17, 15) is 22.8 Å². The number of aromatic nitrogens is 1. The summed E-state index contributed by atoms with van der Waals surface area (Å²) in [6.07, 6.45) is -4.41. The number of fused-ring (bicyclic) bond motifs is 1. The highest BCUT2D eigenvalue weighted by Crippen LogP contribution is 2.30. The van der Waals surface area contributed by atoms with E-state index in [1.165, 1.54) is 23.5 Å². The van der Waals surface area contributed by atoms with Gasteiger partial charge >= 0.3 is 12.2 Å². The number of halogens is 4. The molecule has 0 unspecified atom stereocenters. The van der Waals surface area contributed by atoms with E-state index in [0.717, 1.165) is 17.7 Å². The fraction of sp³-hybridized carbons (Fsp3) is 0.125. The van der Waals surface area contributed by atoms with Crippen LogP contribution in [-0.2, 0) is 12.7 Å². The summed E-state index contributed by atoms with van der Waals surface area (Å²) in [5.41, 5.74) is 2.13. The maximum Gasteiger partial charge on any atom is 0.416 e. The number of thiazole rings is 1. The highest BCUT2D eigenvalue weighted by Gasteiger charge is 2.29. The molecule has 0 radical (unpaired) electrons. The van der Waals surface area contributed by atoms with Gasteiger partial charge in [0.2, 0.25) is 0 Å². The van der Waals surface area contributed by atoms with Gasteiger partial charge in [-0.25, -0.2) is 9.78 Å². The number of rotatable bonds is 5. The molecule has 3 aromatic carbocycles. The Bertz CT molecular complexity index is 1380. The molecule has 0 spiro atoms. The molecule has 4 rings (SSSR count). The maximum absolute atomic E-state index is 12.7. The third kappa shape index (κ3) is 5.90. The average Bonchev–Trinajstić information content (AvgIpc) is 3.21. The Hall–Kier alpha value is -3.63. The van der Waals surface area contributed by atoms with Gasteiger partial charge < -0.3 is 10.6 Å². The minimum absolute atomic E-state index is 0.0423. The number of hydrogen-bond acceptors (Lipinski definition) is 4. The van der Waals surface area contributed by atoms with E-state index in [0.29, 0.717) is 37.2 Å². The molecule has 0 fully saturated rings. The van der Waals surface area contributed by atoms with Crippen LogP contribution in [0.1, 0.15) is 27.0 Å². The van der Waals surface area contributed by atoms with Crippen molar-refractivity contribution >= 4 is 55.9 Å². The molecule has 35 heavy (non-hydrogen) atoms. The fourth-order valence-electron chi connectivity index (χ4n) is 3.23. The van der Waals surface area contributed by atoms with Gasteiger partial charge in [-0.3, -0.25) is 10.1 Å². The molecule has 0 bridgehead atoms. The Labute approximate surface area is 207 Å². The molecule has 11 heteroatoms. The van der Waals surface area contributed by atoms with Crippen LogP contribution in [0.25, 0.3) is 10.2 Å². The van der Waals surface area contributed by atoms with E-state index < -0.39 is 17.8 Å². The summed E-state index contributed by atoms with van der Waals surface area (Å²) < 4.78 is 38.6. The van der Waals surface area contributed by atoms with Crippen molar-refractivity contribution < 1.29 is 22.8 Å². The predicted octanol–water partition coefficient (Wildman–Crippen LogP) is 6.85. The number of urea groups is 1. The molecule has 0 saturated heterocycles. The molecular formula is C24H18ClF3N4O2S. The second-order valence-electron chi connectivity index (χ2n) is 7.59. The summed E-state index contributed by atoms with van der Waals surface area (Å²) in [7, 11) is 0. The van der Waals surface area contributed by atoms with Crippen molar-refractivity contribution in [3.63, 3.8) is 0 Å². The van der Waals surface area contributed by atoms with Gasteiger partial charge in [0.05, 0.1) is 26.5 Å². The normalized spacial score (nSPS) is 11.3. The van der Waals surface area contributed by atoms with Gasteiger partial charge in [0.1, 0.15) is 0 Å². The first-order valence-corrected chi connectivity index (χ1v) is 11.5. The molecule has 3 amide bonds. The average molecular weight is 519 g/mol. The molecule has 1 heterocycles. The predicted molar refractivity (Wildman–Crippen MR) is 131 cm³/mol. The van der Waals surface area contributed by atoms with E-state index in [4.69, 9.17) is 11.6 Å². The minimum Gasteiger partial charge on any atom is -0.334 e. The van der Waals surface area contributed by atoms with Gasteiger partial charge in [-0.15, -0.1) is 0 Å². The van der Waals surface area contributed by atoms with E-state index in [1.807, 2.05) is 13.0 Å². The number of hydrogen-bond donors (Lipinski definition) is 3. The lowest BCUT2D eigenvalue weighted by Gasteiger charge is -2.10. The molecule has 0 aliphatic carbocycles. The second-order valence-corrected chi connectivity index (χ2v) is 9.03. The van der Waals surface area contributed by atoms with Gasteiger partial charge in [0, 0.05) is 12.1 Å². The Morgan fingerprint density at radius 2 is 1.77 bits per heavy atom. The first-order valence-electron chi connectivity index (χ1n) is 10.3. The molecular weight excluding hydrogens is 501 g/mol. The third-order valence-electron chi connectivity index (χ3n) is 5.07. The number of aryl methyl sites for hydroxylation is 1. The zero-order valence-electron chi connectivity index (χ0n) is 18.2. The van der Waals surface area contributed by atoms with Crippen LogP contribution in [0.5, 0.6) is 0 Å². The summed E-state index contributed by atoms with van der Waals surface area (Å²) >= 11 is 7.37. The number of nitrogens with zero attached hydrogens (tertiary/aromatic N) is 1. The van der Waals surface area contributed by atoms with Crippen molar-refractivity contribution in [1.82, 2.24) is 10.3 Å². The van der Waals surface area contributed by atoms with Crippen LogP contribution in [0.3, 0.4) is 0 Å². The van der Waals surface area contributed by atoms with Crippen molar-refractivity contribution in [2.24, 2.45) is 0 Å². The third-order valence-corrected chi connectivity index (χ3v) is 6.31. The molecule has 0 atom stereocenters. The van der Waals surface area contributed by atoms with Crippen molar-refractivity contribution in [3.8, 4) is 0 Å². The van der Waals surface area contributed by atoms with Crippen LogP contribution in [0.2, 0.25) is 5.02 Å². The highest BCUT2D eigenvalue weighted by atomic mass is 35.5. The van der Waals surface area contributed by atoms with E-state index in [1.54, 1.807) is 30.3 Å². The summed E-state index contributed by atoms with van der Waals surface area (Å²) in [6.45, 7) is 1.88. The van der Waals surface area contributed by atoms with Crippen molar-refractivity contribution in [2.75, 3.05) is 10.6 Å². The second kappa shape index (κ2) is 9.93. The number of para-hydroxylation sites is 1. The molecule has 4 aromatic rings. The molecule has 0 aliphatic rings. The van der Waals surface area contributed by atoms with Gasteiger partial charge in [-0.2, -0.15) is 13.2 Å². The molecule has 0 saturated carbocycles. The number of carbonyl (C=O) groups excluding carboxylic acids is 2. The highest BCUT2D eigenvalue weighted by molar-refractivity contribution is 7.22. The summed E-state index contributed by atoms with van der Waals surface area (Å²) in [5, 5.41) is 8.74. The minimum atomic E-state index is -4.41. The monoisotopic (exact) mass is 518 g/mol. The largest absolute Gasteiger partial charge is 0.416 e. The Morgan fingerprint density at radius 1 is 1.03 bits per heavy atom. The number of alkyl halides is 3. The zero-order chi connectivity index (χ0) is 25.2.